The first kappa shape index (κ1) is 26.6. The van der Waals surface area contributed by atoms with Crippen LogP contribution in [0.25, 0.3) is 0 Å². The average molecular weight is 582 g/mol. The van der Waals surface area contributed by atoms with E-state index in [1.165, 1.54) is 25.7 Å². The molecule has 0 radical (unpaired) electrons. The van der Waals surface area contributed by atoms with E-state index in [2.05, 4.69) is 70.0 Å². The van der Waals surface area contributed by atoms with Crippen LogP contribution in [0.2, 0.25) is 9.36 Å². The molecule has 26 heavy (non-hydrogen) atoms. The molecule has 0 aromatic heterocycles. The minimum atomic E-state index is -3.21. The van der Waals surface area contributed by atoms with Crippen LogP contribution < -0.4 is 0 Å². The van der Waals surface area contributed by atoms with Crippen LogP contribution in [0.1, 0.15) is 67.2 Å². The second-order valence-electron chi connectivity index (χ2n) is 9.53. The van der Waals surface area contributed by atoms with Gasteiger partial charge in [0.05, 0.1) is 0 Å². The van der Waals surface area contributed by atoms with Crippen molar-refractivity contribution in [3.05, 3.63) is 41.1 Å². The normalized spacial score (nSPS) is 18.3. The van der Waals surface area contributed by atoms with Crippen molar-refractivity contribution in [2.24, 2.45) is 11.8 Å². The molecule has 0 nitrogen and oxygen atoms in total. The van der Waals surface area contributed by atoms with Crippen LogP contribution >= 0.6 is 24.8 Å². The molecule has 0 saturated carbocycles. The minimum Gasteiger partial charge on any atom is -0.147 e. The van der Waals surface area contributed by atoms with E-state index in [9.17, 15) is 0 Å². The summed E-state index contributed by atoms with van der Waals surface area (Å²) < 4.78 is 9.25. The van der Waals surface area contributed by atoms with E-state index in [4.69, 9.17) is 0 Å². The Labute approximate surface area is 177 Å². The van der Waals surface area contributed by atoms with Crippen molar-refractivity contribution in [2.45, 2.75) is 76.6 Å². The summed E-state index contributed by atoms with van der Waals surface area (Å²) in [4.78, 5) is 0. The van der Waals surface area contributed by atoms with Gasteiger partial charge in [-0.2, -0.15) is 0 Å². The molecule has 0 fully saturated rings. The molecule has 4 heteroatoms. The standard InChI is InChI=1S/2C10H15.2CH3.2ClH.Hf.H2Si/c2*1-4-9-5-6-10(7-9)8(2)3;;;;;;/h2*7-8H,4-5H2,1-3H3;2*1H3;2*1H;;1H2. The molecule has 0 aromatic rings. The van der Waals surface area contributed by atoms with Gasteiger partial charge >= 0.3 is 154 Å². The van der Waals surface area contributed by atoms with E-state index < -0.39 is 17.1 Å². The molecule has 2 aliphatic rings. The Bertz CT molecular complexity index is 671. The van der Waals surface area contributed by atoms with Gasteiger partial charge in [-0.25, -0.2) is 0 Å². The fourth-order valence-electron chi connectivity index (χ4n) is 4.53. The number of allylic oxidation sites excluding steroid dienone is 8. The van der Waals surface area contributed by atoms with Crippen LogP contribution in [0.4, 0.5) is 0 Å². The monoisotopic (exact) mass is 582 g/mol. The largest absolute Gasteiger partial charge is 0.147 e. The number of hydrogen-bond acceptors (Lipinski definition) is 0. The van der Waals surface area contributed by atoms with Crippen molar-refractivity contribution in [3.63, 3.8) is 0 Å². The van der Waals surface area contributed by atoms with Gasteiger partial charge < -0.3 is 0 Å². The molecular weight excluding hydrogens is 542 g/mol. The molecule has 0 N–H and O–H groups in total. The Morgan fingerprint density at radius 1 is 0.808 bits per heavy atom. The Morgan fingerprint density at radius 2 is 1.12 bits per heavy atom. The van der Waals surface area contributed by atoms with E-state index in [0.717, 1.165) is 0 Å². The molecule has 0 aromatic carbocycles. The van der Waals surface area contributed by atoms with Gasteiger partial charge in [0.25, 0.3) is 0 Å². The van der Waals surface area contributed by atoms with E-state index >= 15 is 0 Å². The van der Waals surface area contributed by atoms with Gasteiger partial charge in [-0.1, -0.05) is 0 Å². The Hall–Kier alpha value is 0.627. The van der Waals surface area contributed by atoms with Gasteiger partial charge in [0.15, 0.2) is 0 Å². The first-order valence-corrected chi connectivity index (χ1v) is 29.0. The van der Waals surface area contributed by atoms with Gasteiger partial charge in [-0.3, -0.25) is 0 Å². The maximum Gasteiger partial charge on any atom is -0.147 e. The van der Waals surface area contributed by atoms with Crippen molar-refractivity contribution in [1.82, 2.24) is 0 Å². The summed E-state index contributed by atoms with van der Waals surface area (Å²) in [6, 6.07) is 0. The van der Waals surface area contributed by atoms with E-state index in [1.54, 1.807) is 22.3 Å². The Balaban J connectivity index is 0.00000312. The zero-order valence-corrected chi connectivity index (χ0v) is 24.8. The zero-order valence-electron chi connectivity index (χ0n) is 18.2. The molecule has 0 bridgehead atoms. The van der Waals surface area contributed by atoms with Gasteiger partial charge in [0.1, 0.15) is 0 Å². The van der Waals surface area contributed by atoms with Gasteiger partial charge in [0, 0.05) is 0 Å². The molecule has 0 amide bonds. The average Bonchev–Trinajstić information content (AvgIpc) is 3.12. The summed E-state index contributed by atoms with van der Waals surface area (Å²) in [5.41, 5.74) is 6.73. The van der Waals surface area contributed by atoms with Crippen LogP contribution in [0.15, 0.2) is 41.1 Å². The van der Waals surface area contributed by atoms with E-state index in [0.29, 0.717) is 11.8 Å². The third-order valence-electron chi connectivity index (χ3n) is 6.31. The molecule has 0 atom stereocenters. The third-order valence-corrected chi connectivity index (χ3v) is 30.6. The topological polar surface area (TPSA) is 0 Å². The first-order valence-electron chi connectivity index (χ1n) is 9.93. The van der Waals surface area contributed by atoms with Crippen molar-refractivity contribution in [3.8, 4) is 0 Å². The van der Waals surface area contributed by atoms with Gasteiger partial charge in [-0.15, -0.1) is 24.8 Å². The molecular formula is C22H40Cl2HfSi. The number of halogens is 2. The van der Waals surface area contributed by atoms with Crippen LogP contribution in [-0.2, 0) is 17.1 Å². The molecule has 0 aliphatic heterocycles. The second kappa shape index (κ2) is 9.42. The molecule has 2 aliphatic carbocycles. The van der Waals surface area contributed by atoms with Crippen LogP contribution in [0, 0.1) is 11.8 Å². The molecule has 150 valence electrons. The van der Waals surface area contributed by atoms with E-state index in [1.807, 2.05) is 6.66 Å². The maximum absolute atomic E-state index is 3.21. The predicted octanol–water partition coefficient (Wildman–Crippen LogP) is 7.46. The van der Waals surface area contributed by atoms with Crippen molar-refractivity contribution < 1.29 is 17.1 Å². The molecule has 0 heterocycles. The summed E-state index contributed by atoms with van der Waals surface area (Å²) in [5, 5.41) is 0. The van der Waals surface area contributed by atoms with Crippen LogP contribution in [0.5, 0.6) is 0 Å². The van der Waals surface area contributed by atoms with Crippen LogP contribution in [-0.4, -0.2) is 6.94 Å². The third kappa shape index (κ3) is 4.96. The fourth-order valence-corrected chi connectivity index (χ4v) is 26.2. The number of rotatable bonds is 6. The minimum absolute atomic E-state index is 0. The van der Waals surface area contributed by atoms with Gasteiger partial charge in [-0.05, 0) is 0 Å². The van der Waals surface area contributed by atoms with Crippen molar-refractivity contribution >= 4 is 31.8 Å². The van der Waals surface area contributed by atoms with Crippen LogP contribution in [0.3, 0.4) is 0 Å². The Kier molecular flexibility index (Phi) is 9.64. The number of hydrogen-bond donors (Lipinski definition) is 0. The second-order valence-corrected chi connectivity index (χ2v) is 50.5. The van der Waals surface area contributed by atoms with Gasteiger partial charge in [0.2, 0.25) is 0 Å². The van der Waals surface area contributed by atoms with E-state index in [-0.39, 0.29) is 24.8 Å². The Morgan fingerprint density at radius 3 is 1.35 bits per heavy atom. The summed E-state index contributed by atoms with van der Waals surface area (Å²) in [7, 11) is 0. The van der Waals surface area contributed by atoms with Crippen molar-refractivity contribution in [2.75, 3.05) is 0 Å². The molecule has 0 saturated heterocycles. The molecule has 0 unspecified atom stereocenters. The maximum atomic E-state index is 2.73. The fraction of sp³-hybridized carbons (Fsp3) is 0.636. The molecule has 2 rings (SSSR count). The predicted molar refractivity (Wildman–Crippen MR) is 124 cm³/mol. The summed E-state index contributed by atoms with van der Waals surface area (Å²) >= 11 is -3.21. The first-order chi connectivity index (χ1) is 11.0. The smallest absolute Gasteiger partial charge is 0.147 e. The van der Waals surface area contributed by atoms with Crippen molar-refractivity contribution in [1.29, 1.82) is 0 Å². The zero-order chi connectivity index (χ0) is 18.3. The summed E-state index contributed by atoms with van der Waals surface area (Å²) in [5.74, 6) is 1.32. The quantitative estimate of drug-likeness (QED) is 0.286. The summed E-state index contributed by atoms with van der Waals surface area (Å²) in [6.45, 7) is 16.7. The molecule has 0 spiro atoms. The SMILES string of the molecule is CCC1=CC(C(C)C)=[C]([Hf]([CH3])([CH3])(=[SiH2])[C]2=C(C(C)C)C=C(CC)C2)C1.Cl.Cl. The summed E-state index contributed by atoms with van der Waals surface area (Å²) in [6.07, 6.45) is 10.1.